The Morgan fingerprint density at radius 2 is 1.40 bits per heavy atom. The molecule has 12 heteroatoms. The highest BCUT2D eigenvalue weighted by Crippen LogP contribution is 2.19. The van der Waals surface area contributed by atoms with E-state index in [2.05, 4.69) is 20.9 Å². The minimum Gasteiger partial charge on any atom is -0.480 e. The minimum absolute atomic E-state index is 0.0270. The molecule has 0 aliphatic carbocycles. The van der Waals surface area contributed by atoms with E-state index in [4.69, 9.17) is 5.73 Å². The summed E-state index contributed by atoms with van der Waals surface area (Å²) < 4.78 is 0. The number of aliphatic hydroxyl groups excluding tert-OH is 2. The number of para-hydroxylation sites is 1. The molecule has 12 nitrogen and oxygen atoms in total. The van der Waals surface area contributed by atoms with Crippen molar-refractivity contribution in [1.29, 1.82) is 0 Å². The van der Waals surface area contributed by atoms with Gasteiger partial charge in [-0.3, -0.25) is 14.4 Å². The van der Waals surface area contributed by atoms with Gasteiger partial charge in [0.15, 0.2) is 6.04 Å². The summed E-state index contributed by atoms with van der Waals surface area (Å²) >= 11 is 0. The van der Waals surface area contributed by atoms with Gasteiger partial charge in [-0.05, 0) is 37.5 Å². The number of hydrogen-bond donors (Lipinski definition) is 8. The zero-order valence-corrected chi connectivity index (χ0v) is 22.2. The number of fused-ring (bicyclic) bond motifs is 1. The molecule has 3 rings (SSSR count). The Bertz CT molecular complexity index is 1320. The summed E-state index contributed by atoms with van der Waals surface area (Å²) in [5.41, 5.74) is 8.51. The topological polar surface area (TPSA) is 207 Å². The Morgan fingerprint density at radius 1 is 0.800 bits per heavy atom. The number of aliphatic hydroxyl groups is 2. The van der Waals surface area contributed by atoms with Crippen molar-refractivity contribution in [2.45, 2.75) is 63.1 Å². The standard InChI is InChI=1S/C28H35N5O7/c1-15(34)23(27(38)33-24(16(2)35)28(39)40)32-26(37)22(13-18-14-30-21-11-7-6-10-19(18)21)31-25(36)20(29)12-17-8-4-3-5-9-17/h3-11,14-16,20,22-24,30,34-35H,12-13,29H2,1-2H3,(H,31,36)(H,32,37)(H,33,38)(H,39,40). The number of aromatic nitrogens is 1. The van der Waals surface area contributed by atoms with Crippen LogP contribution in [0.15, 0.2) is 60.8 Å². The van der Waals surface area contributed by atoms with Gasteiger partial charge in [-0.2, -0.15) is 0 Å². The number of carboxylic acid groups (broad SMARTS) is 1. The van der Waals surface area contributed by atoms with E-state index in [-0.39, 0.29) is 12.8 Å². The second kappa shape index (κ2) is 13.7. The lowest BCUT2D eigenvalue weighted by atomic mass is 10.0. The molecule has 0 saturated heterocycles. The fourth-order valence-corrected chi connectivity index (χ4v) is 4.26. The Morgan fingerprint density at radius 3 is 2.02 bits per heavy atom. The summed E-state index contributed by atoms with van der Waals surface area (Å²) in [4.78, 5) is 53.9. The van der Waals surface area contributed by atoms with Crippen molar-refractivity contribution in [3.8, 4) is 0 Å². The molecule has 0 aliphatic rings. The molecule has 0 aliphatic heterocycles. The number of H-pyrrole nitrogens is 1. The molecule has 6 unspecified atom stereocenters. The first-order valence-corrected chi connectivity index (χ1v) is 12.8. The van der Waals surface area contributed by atoms with Crippen LogP contribution in [0.3, 0.4) is 0 Å². The normalized spacial score (nSPS) is 15.7. The molecule has 40 heavy (non-hydrogen) atoms. The summed E-state index contributed by atoms with van der Waals surface area (Å²) in [6, 6.07) is 11.1. The number of carbonyl (C=O) groups is 4. The van der Waals surface area contributed by atoms with Gasteiger partial charge in [-0.25, -0.2) is 4.79 Å². The molecule has 0 bridgehead atoms. The molecule has 6 atom stereocenters. The van der Waals surface area contributed by atoms with Gasteiger partial charge in [-0.15, -0.1) is 0 Å². The van der Waals surface area contributed by atoms with E-state index < -0.39 is 60.1 Å². The van der Waals surface area contributed by atoms with Crippen molar-refractivity contribution in [2.24, 2.45) is 5.73 Å². The minimum atomic E-state index is -1.66. The summed E-state index contributed by atoms with van der Waals surface area (Å²) in [6.45, 7) is 2.42. The third kappa shape index (κ3) is 7.88. The van der Waals surface area contributed by atoms with Gasteiger partial charge in [0.2, 0.25) is 17.7 Å². The van der Waals surface area contributed by atoms with Crippen molar-refractivity contribution in [2.75, 3.05) is 0 Å². The van der Waals surface area contributed by atoms with Gasteiger partial charge >= 0.3 is 5.97 Å². The van der Waals surface area contributed by atoms with Gasteiger partial charge in [0.05, 0.1) is 18.2 Å². The summed E-state index contributed by atoms with van der Waals surface area (Å²) in [7, 11) is 0. The van der Waals surface area contributed by atoms with Crippen LogP contribution < -0.4 is 21.7 Å². The third-order valence-electron chi connectivity index (χ3n) is 6.48. The number of aromatic amines is 1. The van der Waals surface area contributed by atoms with Crippen LogP contribution in [-0.2, 0) is 32.0 Å². The maximum atomic E-state index is 13.5. The Balaban J connectivity index is 1.82. The van der Waals surface area contributed by atoms with Crippen molar-refractivity contribution < 1.29 is 34.5 Å². The van der Waals surface area contributed by atoms with Crippen molar-refractivity contribution in [3.05, 3.63) is 71.9 Å². The first-order valence-electron chi connectivity index (χ1n) is 12.8. The molecule has 0 radical (unpaired) electrons. The van der Waals surface area contributed by atoms with Crippen molar-refractivity contribution in [3.63, 3.8) is 0 Å². The zero-order chi connectivity index (χ0) is 29.4. The van der Waals surface area contributed by atoms with E-state index >= 15 is 0 Å². The molecule has 0 spiro atoms. The monoisotopic (exact) mass is 553 g/mol. The zero-order valence-electron chi connectivity index (χ0n) is 22.2. The first kappa shape index (κ1) is 30.3. The maximum Gasteiger partial charge on any atom is 0.328 e. The largest absolute Gasteiger partial charge is 0.480 e. The number of nitrogens with two attached hydrogens (primary N) is 1. The van der Waals surface area contributed by atoms with E-state index in [0.717, 1.165) is 16.5 Å². The predicted molar refractivity (Wildman–Crippen MR) is 147 cm³/mol. The van der Waals surface area contributed by atoms with Crippen molar-refractivity contribution >= 4 is 34.6 Å². The number of nitrogens with one attached hydrogen (secondary N) is 4. The van der Waals surface area contributed by atoms with E-state index in [1.807, 2.05) is 54.6 Å². The average molecular weight is 554 g/mol. The predicted octanol–water partition coefficient (Wildman–Crippen LogP) is -0.419. The van der Waals surface area contributed by atoms with Gasteiger partial charge in [0, 0.05) is 23.5 Å². The number of carbonyl (C=O) groups excluding carboxylic acids is 3. The van der Waals surface area contributed by atoms with Crippen LogP contribution in [0.5, 0.6) is 0 Å². The highest BCUT2D eigenvalue weighted by atomic mass is 16.4. The lowest BCUT2D eigenvalue weighted by Crippen LogP contribution is -2.61. The SMILES string of the molecule is CC(O)C(NC(=O)C(NC(=O)C(Cc1c[nH]c2ccccc12)NC(=O)C(N)Cc1ccccc1)C(C)O)C(=O)O. The van der Waals surface area contributed by atoms with Crippen LogP contribution in [-0.4, -0.2) is 80.4 Å². The van der Waals surface area contributed by atoms with E-state index in [1.54, 1.807) is 6.20 Å². The lowest BCUT2D eigenvalue weighted by Gasteiger charge is -2.27. The van der Waals surface area contributed by atoms with Crippen LogP contribution in [0.2, 0.25) is 0 Å². The van der Waals surface area contributed by atoms with Crippen LogP contribution in [0.1, 0.15) is 25.0 Å². The number of aliphatic carboxylic acids is 1. The first-order chi connectivity index (χ1) is 19.0. The third-order valence-corrected chi connectivity index (χ3v) is 6.48. The summed E-state index contributed by atoms with van der Waals surface area (Å²) in [6.07, 6.45) is -0.911. The molecule has 214 valence electrons. The van der Waals surface area contributed by atoms with Gasteiger partial charge in [0.25, 0.3) is 0 Å². The van der Waals surface area contributed by atoms with Crippen molar-refractivity contribution in [1.82, 2.24) is 20.9 Å². The van der Waals surface area contributed by atoms with Crippen LogP contribution in [0.4, 0.5) is 0 Å². The molecule has 3 amide bonds. The smallest absolute Gasteiger partial charge is 0.328 e. The molecule has 9 N–H and O–H groups in total. The number of hydrogen-bond acceptors (Lipinski definition) is 7. The Labute approximate surface area is 231 Å². The number of carboxylic acids is 1. The maximum absolute atomic E-state index is 13.5. The lowest BCUT2D eigenvalue weighted by molar-refractivity contribution is -0.146. The molecule has 1 aromatic heterocycles. The summed E-state index contributed by atoms with van der Waals surface area (Å²) in [5, 5.41) is 37.2. The second-order valence-corrected chi connectivity index (χ2v) is 9.71. The van der Waals surface area contributed by atoms with Gasteiger partial charge in [0.1, 0.15) is 12.1 Å². The molecule has 2 aromatic carbocycles. The average Bonchev–Trinajstić information content (AvgIpc) is 3.32. The van der Waals surface area contributed by atoms with Gasteiger partial charge < -0.3 is 42.0 Å². The fourth-order valence-electron chi connectivity index (χ4n) is 4.26. The van der Waals surface area contributed by atoms with Gasteiger partial charge in [-0.1, -0.05) is 48.5 Å². The second-order valence-electron chi connectivity index (χ2n) is 9.71. The highest BCUT2D eigenvalue weighted by molar-refractivity contribution is 5.95. The number of benzene rings is 2. The molecule has 1 heterocycles. The van der Waals surface area contributed by atoms with Crippen LogP contribution in [0.25, 0.3) is 10.9 Å². The molecular formula is C28H35N5O7. The number of amides is 3. The molecule has 0 saturated carbocycles. The summed E-state index contributed by atoms with van der Waals surface area (Å²) in [5.74, 6) is -3.90. The van der Waals surface area contributed by atoms with Crippen LogP contribution >= 0.6 is 0 Å². The van der Waals surface area contributed by atoms with E-state index in [1.165, 1.54) is 13.8 Å². The van der Waals surface area contributed by atoms with E-state index in [9.17, 15) is 34.5 Å². The fraction of sp³-hybridized carbons (Fsp3) is 0.357. The quantitative estimate of drug-likeness (QED) is 0.139. The Hall–Kier alpha value is -4.26. The molecule has 0 fully saturated rings. The number of rotatable bonds is 13. The van der Waals surface area contributed by atoms with E-state index in [0.29, 0.717) is 5.56 Å². The van der Waals surface area contributed by atoms with Crippen LogP contribution in [0, 0.1) is 0 Å². The Kier molecular flexibility index (Phi) is 10.4. The molecule has 3 aromatic rings. The highest BCUT2D eigenvalue weighted by Gasteiger charge is 2.34. The molecular weight excluding hydrogens is 518 g/mol.